The molecule has 0 amide bonds. The minimum atomic E-state index is 0.0864. The largest absolute Gasteiger partial charge is 0.395 e. The minimum Gasteiger partial charge on any atom is -0.395 e. The third-order valence-electron chi connectivity index (χ3n) is 3.78. The number of aryl methyl sites for hydroxylation is 1. The van der Waals surface area contributed by atoms with Crippen molar-refractivity contribution in [3.8, 4) is 10.6 Å². The molecule has 0 aliphatic carbocycles. The molecule has 4 nitrogen and oxygen atoms in total. The number of morpholine rings is 1. The molecule has 1 aliphatic heterocycles. The Morgan fingerprint density at radius 1 is 1.38 bits per heavy atom. The molecule has 1 saturated heterocycles. The van der Waals surface area contributed by atoms with Gasteiger partial charge in [-0.25, -0.2) is 4.98 Å². The van der Waals surface area contributed by atoms with E-state index in [1.807, 2.05) is 0 Å². The van der Waals surface area contributed by atoms with Gasteiger partial charge in [0, 0.05) is 24.0 Å². The SMILES string of the molecule is Cc1ccc(-c2nc(CN3CCOCC3CO)cs2)cc1. The Labute approximate surface area is 129 Å². The van der Waals surface area contributed by atoms with Gasteiger partial charge in [0.1, 0.15) is 5.01 Å². The lowest BCUT2D eigenvalue weighted by Gasteiger charge is -2.33. The zero-order valence-electron chi connectivity index (χ0n) is 12.2. The van der Waals surface area contributed by atoms with Crippen LogP contribution in [0.3, 0.4) is 0 Å². The summed E-state index contributed by atoms with van der Waals surface area (Å²) in [7, 11) is 0. The topological polar surface area (TPSA) is 45.6 Å². The summed E-state index contributed by atoms with van der Waals surface area (Å²) in [6.07, 6.45) is 0. The molecule has 1 unspecified atom stereocenters. The normalized spacial score (nSPS) is 19.8. The number of aliphatic hydroxyl groups is 1. The lowest BCUT2D eigenvalue weighted by atomic mass is 10.2. The van der Waals surface area contributed by atoms with Gasteiger partial charge in [-0.3, -0.25) is 4.90 Å². The van der Waals surface area contributed by atoms with Gasteiger partial charge < -0.3 is 9.84 Å². The van der Waals surface area contributed by atoms with E-state index in [0.29, 0.717) is 6.61 Å². The number of aromatic nitrogens is 1. The third kappa shape index (κ3) is 3.49. The van der Waals surface area contributed by atoms with E-state index in [1.165, 1.54) is 5.56 Å². The minimum absolute atomic E-state index is 0.0864. The van der Waals surface area contributed by atoms with Crippen LogP contribution in [0, 0.1) is 6.92 Å². The van der Waals surface area contributed by atoms with E-state index in [0.717, 1.165) is 36.0 Å². The van der Waals surface area contributed by atoms with E-state index < -0.39 is 0 Å². The van der Waals surface area contributed by atoms with E-state index in [4.69, 9.17) is 9.72 Å². The molecule has 1 fully saturated rings. The molecule has 112 valence electrons. The molecule has 0 bridgehead atoms. The molecule has 1 N–H and O–H groups in total. The van der Waals surface area contributed by atoms with E-state index in [2.05, 4.69) is 41.5 Å². The number of thiazole rings is 1. The second kappa shape index (κ2) is 6.66. The van der Waals surface area contributed by atoms with Crippen LogP contribution in [0.2, 0.25) is 0 Å². The van der Waals surface area contributed by atoms with Crippen molar-refractivity contribution in [3.05, 3.63) is 40.9 Å². The summed E-state index contributed by atoms with van der Waals surface area (Å²) in [5, 5.41) is 12.6. The molecule has 0 saturated carbocycles. The highest BCUT2D eigenvalue weighted by molar-refractivity contribution is 7.13. The van der Waals surface area contributed by atoms with Gasteiger partial charge in [-0.1, -0.05) is 29.8 Å². The van der Waals surface area contributed by atoms with E-state index in [-0.39, 0.29) is 12.6 Å². The van der Waals surface area contributed by atoms with Crippen LogP contribution in [-0.2, 0) is 11.3 Å². The highest BCUT2D eigenvalue weighted by Crippen LogP contribution is 2.25. The zero-order chi connectivity index (χ0) is 14.7. The summed E-state index contributed by atoms with van der Waals surface area (Å²) in [4.78, 5) is 6.97. The quantitative estimate of drug-likeness (QED) is 0.941. The molecule has 5 heteroatoms. The lowest BCUT2D eigenvalue weighted by Crippen LogP contribution is -2.46. The van der Waals surface area contributed by atoms with Crippen molar-refractivity contribution in [1.29, 1.82) is 0 Å². The Balaban J connectivity index is 1.71. The van der Waals surface area contributed by atoms with Gasteiger partial charge >= 0.3 is 0 Å². The van der Waals surface area contributed by atoms with Crippen molar-refractivity contribution < 1.29 is 9.84 Å². The average Bonchev–Trinajstić information content (AvgIpc) is 2.97. The predicted molar refractivity (Wildman–Crippen MR) is 84.4 cm³/mol. The summed E-state index contributed by atoms with van der Waals surface area (Å²) in [5.74, 6) is 0. The van der Waals surface area contributed by atoms with Crippen molar-refractivity contribution in [3.63, 3.8) is 0 Å². The van der Waals surface area contributed by atoms with Crippen LogP contribution in [0.4, 0.5) is 0 Å². The molecule has 2 aromatic rings. The van der Waals surface area contributed by atoms with Gasteiger partial charge in [0.15, 0.2) is 0 Å². The van der Waals surface area contributed by atoms with E-state index >= 15 is 0 Å². The molecule has 1 aliphatic rings. The van der Waals surface area contributed by atoms with Crippen LogP contribution in [0.15, 0.2) is 29.6 Å². The maximum Gasteiger partial charge on any atom is 0.123 e. The van der Waals surface area contributed by atoms with Gasteiger partial charge in [-0.15, -0.1) is 11.3 Å². The standard InChI is InChI=1S/C16H20N2O2S/c1-12-2-4-13(5-3-12)16-17-14(11-21-16)8-18-6-7-20-10-15(18)9-19/h2-5,11,15,19H,6-10H2,1H3. The van der Waals surface area contributed by atoms with Gasteiger partial charge in [0.2, 0.25) is 0 Å². The van der Waals surface area contributed by atoms with Crippen molar-refractivity contribution in [2.24, 2.45) is 0 Å². The van der Waals surface area contributed by atoms with Crippen LogP contribution >= 0.6 is 11.3 Å². The third-order valence-corrected chi connectivity index (χ3v) is 4.72. The molecule has 21 heavy (non-hydrogen) atoms. The summed E-state index contributed by atoms with van der Waals surface area (Å²) in [5.41, 5.74) is 3.49. The number of hydrogen-bond donors (Lipinski definition) is 1. The maximum atomic E-state index is 9.41. The first-order chi connectivity index (χ1) is 10.3. The van der Waals surface area contributed by atoms with Crippen LogP contribution in [0.25, 0.3) is 10.6 Å². The van der Waals surface area contributed by atoms with Crippen molar-refractivity contribution >= 4 is 11.3 Å². The Kier molecular flexibility index (Phi) is 4.65. The highest BCUT2D eigenvalue weighted by Gasteiger charge is 2.23. The first-order valence-electron chi connectivity index (χ1n) is 7.20. The number of ether oxygens (including phenoxy) is 1. The monoisotopic (exact) mass is 304 g/mol. The molecule has 0 radical (unpaired) electrons. The van der Waals surface area contributed by atoms with Gasteiger partial charge in [0.25, 0.3) is 0 Å². The van der Waals surface area contributed by atoms with Crippen LogP contribution in [0.1, 0.15) is 11.3 Å². The Hall–Kier alpha value is -1.27. The second-order valence-corrected chi connectivity index (χ2v) is 6.25. The first-order valence-corrected chi connectivity index (χ1v) is 8.08. The molecule has 1 aromatic carbocycles. The fraction of sp³-hybridized carbons (Fsp3) is 0.438. The van der Waals surface area contributed by atoms with Crippen LogP contribution in [-0.4, -0.2) is 47.4 Å². The number of aliphatic hydroxyl groups excluding tert-OH is 1. The van der Waals surface area contributed by atoms with Crippen LogP contribution in [0.5, 0.6) is 0 Å². The summed E-state index contributed by atoms with van der Waals surface area (Å²) in [6.45, 7) is 5.18. The summed E-state index contributed by atoms with van der Waals surface area (Å²) < 4.78 is 5.41. The molecule has 3 rings (SSSR count). The molecular weight excluding hydrogens is 284 g/mol. The van der Waals surface area contributed by atoms with Crippen molar-refractivity contribution in [2.45, 2.75) is 19.5 Å². The Bertz CT molecular complexity index is 582. The summed E-state index contributed by atoms with van der Waals surface area (Å²) in [6, 6.07) is 8.54. The van der Waals surface area contributed by atoms with Gasteiger partial charge in [-0.05, 0) is 6.92 Å². The number of nitrogens with zero attached hydrogens (tertiary/aromatic N) is 2. The van der Waals surface area contributed by atoms with E-state index in [1.54, 1.807) is 11.3 Å². The van der Waals surface area contributed by atoms with Crippen molar-refractivity contribution in [2.75, 3.05) is 26.4 Å². The van der Waals surface area contributed by atoms with Gasteiger partial charge in [-0.2, -0.15) is 0 Å². The molecule has 0 spiro atoms. The molecule has 1 atom stereocenters. The lowest BCUT2D eigenvalue weighted by molar-refractivity contribution is -0.0316. The molecule has 1 aromatic heterocycles. The first kappa shape index (κ1) is 14.7. The number of benzene rings is 1. The number of rotatable bonds is 4. The zero-order valence-corrected chi connectivity index (χ0v) is 13.0. The molecular formula is C16H20N2O2S. The fourth-order valence-electron chi connectivity index (χ4n) is 2.48. The highest BCUT2D eigenvalue weighted by atomic mass is 32.1. The second-order valence-electron chi connectivity index (χ2n) is 5.39. The van der Waals surface area contributed by atoms with Gasteiger partial charge in [0.05, 0.1) is 31.6 Å². The van der Waals surface area contributed by atoms with Crippen molar-refractivity contribution in [1.82, 2.24) is 9.88 Å². The summed E-state index contributed by atoms with van der Waals surface area (Å²) >= 11 is 1.67. The Morgan fingerprint density at radius 2 is 2.19 bits per heavy atom. The van der Waals surface area contributed by atoms with E-state index in [9.17, 15) is 5.11 Å². The molecule has 2 heterocycles. The predicted octanol–water partition coefficient (Wildman–Crippen LogP) is 2.31. The average molecular weight is 304 g/mol. The fourth-order valence-corrected chi connectivity index (χ4v) is 3.30. The number of hydrogen-bond acceptors (Lipinski definition) is 5. The van der Waals surface area contributed by atoms with Crippen LogP contribution < -0.4 is 0 Å². The smallest absolute Gasteiger partial charge is 0.123 e. The maximum absolute atomic E-state index is 9.41. The Morgan fingerprint density at radius 3 is 2.95 bits per heavy atom.